The fourth-order valence-corrected chi connectivity index (χ4v) is 1.87. The molecule has 0 spiro atoms. The molecule has 1 aliphatic rings. The van der Waals surface area contributed by atoms with Gasteiger partial charge in [0.15, 0.2) is 5.78 Å². The van der Waals surface area contributed by atoms with Gasteiger partial charge in [-0.15, -0.1) is 0 Å². The molecule has 0 amide bonds. The van der Waals surface area contributed by atoms with Crippen molar-refractivity contribution in [2.75, 3.05) is 7.11 Å². The van der Waals surface area contributed by atoms with Crippen LogP contribution in [0, 0.1) is 17.2 Å². The quantitative estimate of drug-likeness (QED) is 0.697. The molecule has 1 atom stereocenters. The SMILES string of the molecule is COc1ccc2c(c1)C(=O)C(C#N)CC2. The molecule has 2 rings (SSSR count). The molecule has 0 heterocycles. The van der Waals surface area contributed by atoms with E-state index < -0.39 is 5.92 Å². The first kappa shape index (κ1) is 9.72. The molecule has 1 aromatic rings. The average molecular weight is 201 g/mol. The average Bonchev–Trinajstić information content (AvgIpc) is 2.29. The van der Waals surface area contributed by atoms with E-state index in [0.29, 0.717) is 17.7 Å². The fraction of sp³-hybridized carbons (Fsp3) is 0.333. The molecule has 0 saturated heterocycles. The maximum absolute atomic E-state index is 11.8. The zero-order valence-corrected chi connectivity index (χ0v) is 8.49. The van der Waals surface area contributed by atoms with E-state index >= 15 is 0 Å². The van der Waals surface area contributed by atoms with Crippen LogP contribution < -0.4 is 4.74 Å². The molecular weight excluding hydrogens is 190 g/mol. The lowest BCUT2D eigenvalue weighted by Crippen LogP contribution is -2.21. The second-order valence-electron chi connectivity index (χ2n) is 3.61. The molecule has 1 aromatic carbocycles. The molecule has 0 saturated carbocycles. The number of ether oxygens (including phenoxy) is 1. The fourth-order valence-electron chi connectivity index (χ4n) is 1.87. The number of nitriles is 1. The van der Waals surface area contributed by atoms with Crippen molar-refractivity contribution >= 4 is 5.78 Å². The van der Waals surface area contributed by atoms with E-state index in [2.05, 4.69) is 0 Å². The minimum atomic E-state index is -0.482. The number of rotatable bonds is 1. The second-order valence-corrected chi connectivity index (χ2v) is 3.61. The van der Waals surface area contributed by atoms with Crippen LogP contribution in [0.4, 0.5) is 0 Å². The maximum atomic E-state index is 11.8. The number of hydrogen-bond acceptors (Lipinski definition) is 3. The third kappa shape index (κ3) is 1.59. The lowest BCUT2D eigenvalue weighted by Gasteiger charge is -2.18. The Morgan fingerprint density at radius 1 is 1.53 bits per heavy atom. The number of aryl methyl sites for hydroxylation is 1. The maximum Gasteiger partial charge on any atom is 0.180 e. The van der Waals surface area contributed by atoms with Crippen LogP contribution in [0.2, 0.25) is 0 Å². The van der Waals surface area contributed by atoms with E-state index in [0.717, 1.165) is 12.0 Å². The van der Waals surface area contributed by atoms with Gasteiger partial charge in [-0.3, -0.25) is 4.79 Å². The van der Waals surface area contributed by atoms with E-state index in [-0.39, 0.29) is 5.78 Å². The van der Waals surface area contributed by atoms with Crippen LogP contribution in [0.5, 0.6) is 5.75 Å². The summed E-state index contributed by atoms with van der Waals surface area (Å²) in [4.78, 5) is 11.8. The number of fused-ring (bicyclic) bond motifs is 1. The minimum absolute atomic E-state index is 0.0716. The number of benzene rings is 1. The van der Waals surface area contributed by atoms with Gasteiger partial charge in [-0.25, -0.2) is 0 Å². The standard InChI is InChI=1S/C12H11NO2/c1-15-10-5-4-8-2-3-9(7-13)12(14)11(8)6-10/h4-6,9H,2-3H2,1H3. The van der Waals surface area contributed by atoms with Crippen molar-refractivity contribution in [3.8, 4) is 11.8 Å². The molecule has 76 valence electrons. The molecule has 0 aliphatic heterocycles. The second kappa shape index (κ2) is 3.74. The number of methoxy groups -OCH3 is 1. The summed E-state index contributed by atoms with van der Waals surface area (Å²) in [5, 5.41) is 8.81. The minimum Gasteiger partial charge on any atom is -0.497 e. The van der Waals surface area contributed by atoms with E-state index in [1.807, 2.05) is 18.2 Å². The van der Waals surface area contributed by atoms with Crippen molar-refractivity contribution in [3.05, 3.63) is 29.3 Å². The van der Waals surface area contributed by atoms with Gasteiger partial charge < -0.3 is 4.74 Å². The van der Waals surface area contributed by atoms with Gasteiger partial charge in [0.2, 0.25) is 0 Å². The first-order chi connectivity index (χ1) is 7.26. The number of nitrogens with zero attached hydrogens (tertiary/aromatic N) is 1. The normalized spacial score (nSPS) is 19.2. The number of carbonyl (C=O) groups excluding carboxylic acids is 1. The Labute approximate surface area is 88.3 Å². The molecule has 0 N–H and O–H groups in total. The summed E-state index contributed by atoms with van der Waals surface area (Å²) in [6.07, 6.45) is 1.43. The summed E-state index contributed by atoms with van der Waals surface area (Å²) in [5.41, 5.74) is 1.67. The van der Waals surface area contributed by atoms with Crippen LogP contribution in [0.1, 0.15) is 22.3 Å². The Morgan fingerprint density at radius 2 is 2.33 bits per heavy atom. The highest BCUT2D eigenvalue weighted by Crippen LogP contribution is 2.28. The Balaban J connectivity index is 2.45. The van der Waals surface area contributed by atoms with Gasteiger partial charge in [0.1, 0.15) is 11.7 Å². The highest BCUT2D eigenvalue weighted by atomic mass is 16.5. The summed E-state index contributed by atoms with van der Waals surface area (Å²) in [6, 6.07) is 7.51. The number of ketones is 1. The van der Waals surface area contributed by atoms with Crippen LogP contribution in [0.15, 0.2) is 18.2 Å². The van der Waals surface area contributed by atoms with Gasteiger partial charge in [0, 0.05) is 5.56 Å². The molecule has 15 heavy (non-hydrogen) atoms. The van der Waals surface area contributed by atoms with E-state index in [1.165, 1.54) is 0 Å². The largest absolute Gasteiger partial charge is 0.497 e. The van der Waals surface area contributed by atoms with Crippen molar-refractivity contribution in [2.24, 2.45) is 5.92 Å². The number of carbonyl (C=O) groups is 1. The van der Waals surface area contributed by atoms with Crippen LogP contribution >= 0.6 is 0 Å². The van der Waals surface area contributed by atoms with Gasteiger partial charge in [-0.05, 0) is 30.5 Å². The van der Waals surface area contributed by atoms with Crippen molar-refractivity contribution < 1.29 is 9.53 Å². The van der Waals surface area contributed by atoms with E-state index in [9.17, 15) is 4.79 Å². The Bertz CT molecular complexity index is 445. The third-order valence-electron chi connectivity index (χ3n) is 2.76. The summed E-state index contributed by atoms with van der Waals surface area (Å²) in [6.45, 7) is 0. The van der Waals surface area contributed by atoms with Crippen molar-refractivity contribution in [1.29, 1.82) is 5.26 Å². The summed E-state index contributed by atoms with van der Waals surface area (Å²) < 4.78 is 5.06. The molecule has 0 radical (unpaired) electrons. The lowest BCUT2D eigenvalue weighted by molar-refractivity contribution is 0.0934. The molecular formula is C12H11NO2. The first-order valence-corrected chi connectivity index (χ1v) is 4.87. The predicted molar refractivity (Wildman–Crippen MR) is 54.7 cm³/mol. The van der Waals surface area contributed by atoms with Gasteiger partial charge >= 0.3 is 0 Å². The zero-order chi connectivity index (χ0) is 10.8. The molecule has 1 aliphatic carbocycles. The number of Topliss-reactive ketones (excluding diaryl/α,β-unsaturated/α-hetero) is 1. The highest BCUT2D eigenvalue weighted by molar-refractivity contribution is 6.01. The summed E-state index contributed by atoms with van der Waals surface area (Å²) in [7, 11) is 1.57. The molecule has 0 fully saturated rings. The Morgan fingerprint density at radius 3 is 3.00 bits per heavy atom. The Hall–Kier alpha value is -1.82. The van der Waals surface area contributed by atoms with Crippen LogP contribution in [-0.4, -0.2) is 12.9 Å². The predicted octanol–water partition coefficient (Wildman–Crippen LogP) is 1.96. The molecule has 1 unspecified atom stereocenters. The topological polar surface area (TPSA) is 50.1 Å². The van der Waals surface area contributed by atoms with Gasteiger partial charge in [-0.1, -0.05) is 6.07 Å². The molecule has 0 aromatic heterocycles. The third-order valence-corrected chi connectivity index (χ3v) is 2.76. The lowest BCUT2D eigenvalue weighted by atomic mass is 9.83. The number of hydrogen-bond donors (Lipinski definition) is 0. The van der Waals surface area contributed by atoms with Crippen LogP contribution in [-0.2, 0) is 6.42 Å². The molecule has 0 bridgehead atoms. The summed E-state index contributed by atoms with van der Waals surface area (Å²) in [5.74, 6) is 0.114. The summed E-state index contributed by atoms with van der Waals surface area (Å²) >= 11 is 0. The van der Waals surface area contributed by atoms with Crippen molar-refractivity contribution in [3.63, 3.8) is 0 Å². The highest BCUT2D eigenvalue weighted by Gasteiger charge is 2.27. The molecule has 3 nitrogen and oxygen atoms in total. The van der Waals surface area contributed by atoms with Crippen LogP contribution in [0.3, 0.4) is 0 Å². The van der Waals surface area contributed by atoms with Gasteiger partial charge in [0.25, 0.3) is 0 Å². The van der Waals surface area contributed by atoms with E-state index in [4.69, 9.17) is 10.00 Å². The monoisotopic (exact) mass is 201 g/mol. The Kier molecular flexibility index (Phi) is 2.42. The van der Waals surface area contributed by atoms with Crippen molar-refractivity contribution in [1.82, 2.24) is 0 Å². The van der Waals surface area contributed by atoms with Gasteiger partial charge in [0.05, 0.1) is 13.2 Å². The smallest absolute Gasteiger partial charge is 0.180 e. The van der Waals surface area contributed by atoms with E-state index in [1.54, 1.807) is 13.2 Å². The van der Waals surface area contributed by atoms with Crippen molar-refractivity contribution in [2.45, 2.75) is 12.8 Å². The zero-order valence-electron chi connectivity index (χ0n) is 8.49. The van der Waals surface area contributed by atoms with Crippen LogP contribution in [0.25, 0.3) is 0 Å². The first-order valence-electron chi connectivity index (χ1n) is 4.87. The molecule has 3 heteroatoms. The van der Waals surface area contributed by atoms with Gasteiger partial charge in [-0.2, -0.15) is 5.26 Å².